The Morgan fingerprint density at radius 1 is 1.24 bits per heavy atom. The minimum absolute atomic E-state index is 0.111. The van der Waals surface area contributed by atoms with Crippen LogP contribution in [0.2, 0.25) is 0 Å². The lowest BCUT2D eigenvalue weighted by atomic mass is 9.78. The fraction of sp³-hybridized carbons (Fsp3) is 0.500. The summed E-state index contributed by atoms with van der Waals surface area (Å²) in [5, 5.41) is 2.92. The number of rotatable bonds is 1. The molecular formula is C16H19FN2O2. The van der Waals surface area contributed by atoms with Gasteiger partial charge >= 0.3 is 0 Å². The van der Waals surface area contributed by atoms with E-state index >= 15 is 0 Å². The molecule has 21 heavy (non-hydrogen) atoms. The second kappa shape index (κ2) is 5.13. The first-order valence-electron chi connectivity index (χ1n) is 7.45. The molecule has 0 bridgehead atoms. The molecule has 5 heteroatoms. The first kappa shape index (κ1) is 14.0. The zero-order valence-corrected chi connectivity index (χ0v) is 12.1. The number of piperazine rings is 1. The molecule has 4 nitrogen and oxygen atoms in total. The molecule has 3 rings (SSSR count). The summed E-state index contributed by atoms with van der Waals surface area (Å²) in [7, 11) is 0. The fourth-order valence-electron chi connectivity index (χ4n) is 3.38. The van der Waals surface area contributed by atoms with Gasteiger partial charge in [-0.1, -0.05) is 25.3 Å². The summed E-state index contributed by atoms with van der Waals surface area (Å²) in [6.45, 7) is 1.67. The molecule has 1 spiro atoms. The average Bonchev–Trinajstić information content (AvgIpc) is 2.47. The zero-order chi connectivity index (χ0) is 15.0. The van der Waals surface area contributed by atoms with Gasteiger partial charge in [0.05, 0.1) is 0 Å². The van der Waals surface area contributed by atoms with E-state index in [1.54, 1.807) is 19.1 Å². The first-order chi connectivity index (χ1) is 10.0. The Kier molecular flexibility index (Phi) is 3.43. The summed E-state index contributed by atoms with van der Waals surface area (Å²) in [5.74, 6) is -0.683. The van der Waals surface area contributed by atoms with Gasteiger partial charge in [-0.05, 0) is 38.0 Å². The number of halogens is 1. The van der Waals surface area contributed by atoms with Gasteiger partial charge in [0.1, 0.15) is 17.4 Å². The Bertz CT molecular complexity index is 581. The van der Waals surface area contributed by atoms with Crippen LogP contribution in [0.1, 0.15) is 39.0 Å². The predicted octanol–water partition coefficient (Wildman–Crippen LogP) is 2.38. The van der Waals surface area contributed by atoms with Crippen molar-refractivity contribution in [2.75, 3.05) is 4.90 Å². The van der Waals surface area contributed by atoms with Gasteiger partial charge in [0.15, 0.2) is 0 Å². The van der Waals surface area contributed by atoms with E-state index in [2.05, 4.69) is 5.32 Å². The molecule has 0 radical (unpaired) electrons. The van der Waals surface area contributed by atoms with Crippen LogP contribution in [0.3, 0.4) is 0 Å². The van der Waals surface area contributed by atoms with Crippen molar-refractivity contribution < 1.29 is 14.0 Å². The fourth-order valence-corrected chi connectivity index (χ4v) is 3.38. The van der Waals surface area contributed by atoms with Crippen molar-refractivity contribution in [2.24, 2.45) is 0 Å². The molecule has 1 saturated heterocycles. The number of anilines is 1. The average molecular weight is 290 g/mol. The quantitative estimate of drug-likeness (QED) is 0.863. The third-order valence-electron chi connectivity index (χ3n) is 4.55. The van der Waals surface area contributed by atoms with Crippen molar-refractivity contribution >= 4 is 17.5 Å². The summed E-state index contributed by atoms with van der Waals surface area (Å²) in [6, 6.07) is 5.26. The van der Waals surface area contributed by atoms with Crippen LogP contribution in [0.5, 0.6) is 0 Å². The topological polar surface area (TPSA) is 49.4 Å². The Morgan fingerprint density at radius 3 is 2.62 bits per heavy atom. The maximum atomic E-state index is 13.5. The normalized spacial score (nSPS) is 25.0. The van der Waals surface area contributed by atoms with Crippen molar-refractivity contribution in [3.8, 4) is 0 Å². The molecule has 1 N–H and O–H groups in total. The number of benzene rings is 1. The van der Waals surface area contributed by atoms with Crippen LogP contribution in [0.15, 0.2) is 24.3 Å². The number of carbonyl (C=O) groups excluding carboxylic acids is 2. The third-order valence-corrected chi connectivity index (χ3v) is 4.55. The molecule has 1 heterocycles. The maximum Gasteiger partial charge on any atom is 0.253 e. The van der Waals surface area contributed by atoms with Crippen LogP contribution in [0, 0.1) is 5.82 Å². The molecule has 1 aliphatic heterocycles. The van der Waals surface area contributed by atoms with E-state index in [1.165, 1.54) is 17.0 Å². The third kappa shape index (κ3) is 2.30. The van der Waals surface area contributed by atoms with Crippen LogP contribution in [0.4, 0.5) is 10.1 Å². The van der Waals surface area contributed by atoms with E-state index in [4.69, 9.17) is 0 Å². The molecular weight excluding hydrogens is 271 g/mol. The van der Waals surface area contributed by atoms with E-state index in [1.807, 2.05) is 0 Å². The second-order valence-corrected chi connectivity index (χ2v) is 5.96. The molecule has 2 amide bonds. The molecule has 2 fully saturated rings. The molecule has 1 aliphatic carbocycles. The molecule has 2 aliphatic rings. The van der Waals surface area contributed by atoms with Crippen molar-refractivity contribution in [1.29, 1.82) is 0 Å². The SMILES string of the molecule is CC1C(=O)NC2(CCCCC2)C(=O)N1c1cccc(F)c1. The Hall–Kier alpha value is -1.91. The van der Waals surface area contributed by atoms with Gasteiger partial charge in [0.2, 0.25) is 5.91 Å². The second-order valence-electron chi connectivity index (χ2n) is 5.96. The lowest BCUT2D eigenvalue weighted by Gasteiger charge is -2.46. The van der Waals surface area contributed by atoms with Crippen molar-refractivity contribution in [1.82, 2.24) is 5.32 Å². The molecule has 1 unspecified atom stereocenters. The van der Waals surface area contributed by atoms with Crippen LogP contribution < -0.4 is 10.2 Å². The summed E-state index contributed by atoms with van der Waals surface area (Å²) < 4.78 is 13.5. The Balaban J connectivity index is 2.01. The van der Waals surface area contributed by atoms with Gasteiger partial charge in [-0.15, -0.1) is 0 Å². The van der Waals surface area contributed by atoms with Crippen LogP contribution >= 0.6 is 0 Å². The molecule has 0 aromatic heterocycles. The zero-order valence-electron chi connectivity index (χ0n) is 12.1. The predicted molar refractivity (Wildman–Crippen MR) is 77.3 cm³/mol. The molecule has 1 atom stereocenters. The number of carbonyl (C=O) groups is 2. The van der Waals surface area contributed by atoms with E-state index in [0.717, 1.165) is 19.3 Å². The standard InChI is InChI=1S/C16H19FN2O2/c1-11-14(20)18-16(8-3-2-4-9-16)15(21)19(11)13-7-5-6-12(17)10-13/h5-7,10-11H,2-4,8-9H2,1H3,(H,18,20). The number of hydrogen-bond acceptors (Lipinski definition) is 2. The summed E-state index contributed by atoms with van der Waals surface area (Å²) in [5.41, 5.74) is -0.346. The van der Waals surface area contributed by atoms with E-state index in [-0.39, 0.29) is 11.8 Å². The lowest BCUT2D eigenvalue weighted by Crippen LogP contribution is -2.70. The number of nitrogens with zero attached hydrogens (tertiary/aromatic N) is 1. The van der Waals surface area contributed by atoms with Gasteiger partial charge in [-0.2, -0.15) is 0 Å². The minimum atomic E-state index is -0.797. The number of nitrogens with one attached hydrogen (secondary N) is 1. The van der Waals surface area contributed by atoms with Gasteiger partial charge in [-0.25, -0.2) is 4.39 Å². The summed E-state index contributed by atoms with van der Waals surface area (Å²) >= 11 is 0. The Morgan fingerprint density at radius 2 is 1.95 bits per heavy atom. The van der Waals surface area contributed by atoms with Crippen molar-refractivity contribution in [3.63, 3.8) is 0 Å². The van der Waals surface area contributed by atoms with Crippen LogP contribution in [-0.2, 0) is 9.59 Å². The van der Waals surface area contributed by atoms with E-state index in [0.29, 0.717) is 18.5 Å². The number of amides is 2. The largest absolute Gasteiger partial charge is 0.340 e. The molecule has 1 aromatic carbocycles. The molecule has 112 valence electrons. The highest BCUT2D eigenvalue weighted by molar-refractivity contribution is 6.10. The lowest BCUT2D eigenvalue weighted by molar-refractivity contribution is -0.139. The van der Waals surface area contributed by atoms with Crippen LogP contribution in [-0.4, -0.2) is 23.4 Å². The monoisotopic (exact) mass is 290 g/mol. The van der Waals surface area contributed by atoms with Gasteiger partial charge in [0.25, 0.3) is 5.91 Å². The highest BCUT2D eigenvalue weighted by atomic mass is 19.1. The minimum Gasteiger partial charge on any atom is -0.340 e. The first-order valence-corrected chi connectivity index (χ1v) is 7.45. The number of hydrogen-bond donors (Lipinski definition) is 1. The molecule has 1 aromatic rings. The summed E-state index contributed by atoms with van der Waals surface area (Å²) in [4.78, 5) is 26.7. The maximum absolute atomic E-state index is 13.5. The van der Waals surface area contributed by atoms with Gasteiger partial charge < -0.3 is 5.32 Å². The van der Waals surface area contributed by atoms with Crippen molar-refractivity contribution in [3.05, 3.63) is 30.1 Å². The highest BCUT2D eigenvalue weighted by Crippen LogP contribution is 2.35. The van der Waals surface area contributed by atoms with Gasteiger partial charge in [-0.3, -0.25) is 14.5 Å². The van der Waals surface area contributed by atoms with Crippen LogP contribution in [0.25, 0.3) is 0 Å². The van der Waals surface area contributed by atoms with E-state index < -0.39 is 17.4 Å². The molecule has 1 saturated carbocycles. The Labute approximate surface area is 123 Å². The summed E-state index contributed by atoms with van der Waals surface area (Å²) in [6.07, 6.45) is 4.27. The van der Waals surface area contributed by atoms with Crippen molar-refractivity contribution in [2.45, 2.75) is 50.6 Å². The smallest absolute Gasteiger partial charge is 0.253 e. The van der Waals surface area contributed by atoms with Gasteiger partial charge in [0, 0.05) is 5.69 Å². The van der Waals surface area contributed by atoms with E-state index in [9.17, 15) is 14.0 Å². The highest BCUT2D eigenvalue weighted by Gasteiger charge is 2.50.